The van der Waals surface area contributed by atoms with Crippen molar-refractivity contribution in [1.29, 1.82) is 0 Å². The van der Waals surface area contributed by atoms with Gasteiger partial charge in [-0.15, -0.1) is 0 Å². The number of nitrogens with two attached hydrogens (primary N) is 1. The molecule has 98 valence electrons. The fourth-order valence-corrected chi connectivity index (χ4v) is 2.95. The molecular formula is C15H22N2S. The quantitative estimate of drug-likeness (QED) is 0.846. The molecule has 18 heavy (non-hydrogen) atoms. The number of piperidine rings is 1. The molecule has 1 saturated heterocycles. The third-order valence-electron chi connectivity index (χ3n) is 3.73. The Morgan fingerprint density at radius 3 is 2.33 bits per heavy atom. The van der Waals surface area contributed by atoms with Crippen LogP contribution in [0.1, 0.15) is 43.4 Å². The first-order chi connectivity index (χ1) is 8.72. The third kappa shape index (κ3) is 3.09. The van der Waals surface area contributed by atoms with Crippen LogP contribution < -0.4 is 5.73 Å². The average Bonchev–Trinajstić information content (AvgIpc) is 2.40. The number of hydrogen-bond acceptors (Lipinski definition) is 2. The van der Waals surface area contributed by atoms with E-state index in [1.165, 1.54) is 30.4 Å². The van der Waals surface area contributed by atoms with Crippen LogP contribution in [0.2, 0.25) is 0 Å². The number of aryl methyl sites for hydroxylation is 1. The first-order valence-electron chi connectivity index (χ1n) is 6.84. The summed E-state index contributed by atoms with van der Waals surface area (Å²) >= 11 is 5.28. The Hall–Kier alpha value is -0.930. The van der Waals surface area contributed by atoms with Gasteiger partial charge in [0.05, 0.1) is 11.0 Å². The lowest BCUT2D eigenvalue weighted by molar-refractivity contribution is 0.203. The monoisotopic (exact) mass is 262 g/mol. The minimum Gasteiger partial charge on any atom is -0.392 e. The number of likely N-dealkylation sites (tertiary alicyclic amines) is 1. The molecule has 2 rings (SSSR count). The number of hydrogen-bond donors (Lipinski definition) is 1. The Labute approximate surface area is 115 Å². The standard InChI is InChI=1S/C15H22N2S/c1-2-12-6-8-13(9-7-12)14(15(16)18)17-10-4-3-5-11-17/h6-9,14H,2-5,10-11H2,1H3,(H2,16,18). The fourth-order valence-electron chi connectivity index (χ4n) is 2.67. The first-order valence-corrected chi connectivity index (χ1v) is 7.25. The van der Waals surface area contributed by atoms with Crippen molar-refractivity contribution in [1.82, 2.24) is 4.90 Å². The van der Waals surface area contributed by atoms with Crippen LogP contribution in [0.5, 0.6) is 0 Å². The molecule has 1 aromatic carbocycles. The molecule has 0 saturated carbocycles. The van der Waals surface area contributed by atoms with Gasteiger partial charge < -0.3 is 5.73 Å². The zero-order valence-corrected chi connectivity index (χ0v) is 11.9. The molecule has 1 fully saturated rings. The van der Waals surface area contributed by atoms with Gasteiger partial charge in [0.25, 0.3) is 0 Å². The molecule has 1 heterocycles. The molecule has 0 aromatic heterocycles. The molecule has 2 nitrogen and oxygen atoms in total. The second-order valence-electron chi connectivity index (χ2n) is 5.00. The molecule has 1 atom stereocenters. The van der Waals surface area contributed by atoms with Crippen molar-refractivity contribution in [2.75, 3.05) is 13.1 Å². The first kappa shape index (κ1) is 13.5. The minimum atomic E-state index is 0.117. The fraction of sp³-hybridized carbons (Fsp3) is 0.533. The van der Waals surface area contributed by atoms with Crippen LogP contribution in [-0.4, -0.2) is 23.0 Å². The van der Waals surface area contributed by atoms with E-state index in [1.54, 1.807) is 0 Å². The molecule has 0 bridgehead atoms. The summed E-state index contributed by atoms with van der Waals surface area (Å²) < 4.78 is 0. The van der Waals surface area contributed by atoms with Crippen molar-refractivity contribution in [3.8, 4) is 0 Å². The van der Waals surface area contributed by atoms with Crippen LogP contribution in [0.25, 0.3) is 0 Å². The Bertz CT molecular complexity index is 393. The number of rotatable bonds is 4. The summed E-state index contributed by atoms with van der Waals surface area (Å²) in [6.07, 6.45) is 4.91. The topological polar surface area (TPSA) is 29.3 Å². The largest absolute Gasteiger partial charge is 0.392 e. The molecule has 1 aliphatic heterocycles. The lowest BCUT2D eigenvalue weighted by atomic mass is 10.00. The van der Waals surface area contributed by atoms with E-state index in [1.807, 2.05) is 0 Å². The minimum absolute atomic E-state index is 0.117. The molecular weight excluding hydrogens is 240 g/mol. The van der Waals surface area contributed by atoms with Crippen molar-refractivity contribution in [2.45, 2.75) is 38.6 Å². The van der Waals surface area contributed by atoms with E-state index in [0.717, 1.165) is 19.5 Å². The lowest BCUT2D eigenvalue weighted by Crippen LogP contribution is -2.40. The van der Waals surface area contributed by atoms with E-state index in [9.17, 15) is 0 Å². The van der Waals surface area contributed by atoms with Gasteiger partial charge in [-0.25, -0.2) is 0 Å². The van der Waals surface area contributed by atoms with E-state index >= 15 is 0 Å². The summed E-state index contributed by atoms with van der Waals surface area (Å²) in [5, 5.41) is 0. The summed E-state index contributed by atoms with van der Waals surface area (Å²) in [5.74, 6) is 0. The van der Waals surface area contributed by atoms with Crippen LogP contribution in [0.3, 0.4) is 0 Å². The molecule has 3 heteroatoms. The van der Waals surface area contributed by atoms with Gasteiger partial charge in [0.15, 0.2) is 0 Å². The average molecular weight is 262 g/mol. The Kier molecular flexibility index (Phi) is 4.72. The highest BCUT2D eigenvalue weighted by atomic mass is 32.1. The van der Waals surface area contributed by atoms with Crippen molar-refractivity contribution in [2.24, 2.45) is 5.73 Å². The normalized spacial score (nSPS) is 18.5. The zero-order chi connectivity index (χ0) is 13.0. The molecule has 1 aromatic rings. The summed E-state index contributed by atoms with van der Waals surface area (Å²) in [4.78, 5) is 3.02. The van der Waals surface area contributed by atoms with Gasteiger partial charge in [0, 0.05) is 0 Å². The Morgan fingerprint density at radius 2 is 1.83 bits per heavy atom. The maximum absolute atomic E-state index is 5.96. The van der Waals surface area contributed by atoms with Crippen LogP contribution in [0, 0.1) is 0 Å². The summed E-state index contributed by atoms with van der Waals surface area (Å²) in [6.45, 7) is 4.39. The van der Waals surface area contributed by atoms with Crippen molar-refractivity contribution < 1.29 is 0 Å². The van der Waals surface area contributed by atoms with Crippen LogP contribution in [0.4, 0.5) is 0 Å². The third-order valence-corrected chi connectivity index (χ3v) is 3.95. The van der Waals surface area contributed by atoms with E-state index in [-0.39, 0.29) is 6.04 Å². The van der Waals surface area contributed by atoms with Gasteiger partial charge in [-0.2, -0.15) is 0 Å². The predicted octanol–water partition coefficient (Wildman–Crippen LogP) is 3.06. The van der Waals surface area contributed by atoms with Crippen molar-refractivity contribution in [3.63, 3.8) is 0 Å². The number of nitrogens with zero attached hydrogens (tertiary/aromatic N) is 1. The van der Waals surface area contributed by atoms with Crippen molar-refractivity contribution in [3.05, 3.63) is 35.4 Å². The Balaban J connectivity index is 2.20. The Morgan fingerprint density at radius 1 is 1.22 bits per heavy atom. The molecule has 0 aliphatic carbocycles. The van der Waals surface area contributed by atoms with Crippen molar-refractivity contribution >= 4 is 17.2 Å². The van der Waals surface area contributed by atoms with E-state index < -0.39 is 0 Å². The van der Waals surface area contributed by atoms with Gasteiger partial charge in [-0.3, -0.25) is 4.90 Å². The lowest BCUT2D eigenvalue weighted by Gasteiger charge is -2.34. The van der Waals surface area contributed by atoms with E-state index in [4.69, 9.17) is 18.0 Å². The van der Waals surface area contributed by atoms with Crippen LogP contribution >= 0.6 is 12.2 Å². The summed E-state index contributed by atoms with van der Waals surface area (Å²) in [5.41, 5.74) is 8.56. The number of benzene rings is 1. The van der Waals surface area contributed by atoms with E-state index in [2.05, 4.69) is 36.1 Å². The number of thiocarbonyl (C=S) groups is 1. The van der Waals surface area contributed by atoms with Gasteiger partial charge in [0.1, 0.15) is 0 Å². The molecule has 0 spiro atoms. The second kappa shape index (κ2) is 6.30. The van der Waals surface area contributed by atoms with Crippen LogP contribution in [-0.2, 0) is 6.42 Å². The SMILES string of the molecule is CCc1ccc(C(C(N)=S)N2CCCCC2)cc1. The van der Waals surface area contributed by atoms with E-state index in [0.29, 0.717) is 4.99 Å². The maximum atomic E-state index is 5.96. The second-order valence-corrected chi connectivity index (χ2v) is 5.47. The van der Waals surface area contributed by atoms with Gasteiger partial charge >= 0.3 is 0 Å². The molecule has 0 amide bonds. The zero-order valence-electron chi connectivity index (χ0n) is 11.1. The maximum Gasteiger partial charge on any atom is 0.0948 e. The molecule has 2 N–H and O–H groups in total. The summed E-state index contributed by atoms with van der Waals surface area (Å²) in [6, 6.07) is 8.84. The molecule has 0 radical (unpaired) electrons. The highest BCUT2D eigenvalue weighted by Gasteiger charge is 2.24. The molecule has 1 aliphatic rings. The predicted molar refractivity (Wildman–Crippen MR) is 80.8 cm³/mol. The van der Waals surface area contributed by atoms with Gasteiger partial charge in [-0.05, 0) is 43.5 Å². The summed E-state index contributed by atoms with van der Waals surface area (Å²) in [7, 11) is 0. The van der Waals surface area contributed by atoms with Crippen LogP contribution in [0.15, 0.2) is 24.3 Å². The molecule has 1 unspecified atom stereocenters. The van der Waals surface area contributed by atoms with Gasteiger partial charge in [-0.1, -0.05) is 49.8 Å². The van der Waals surface area contributed by atoms with Gasteiger partial charge in [0.2, 0.25) is 0 Å². The highest BCUT2D eigenvalue weighted by Crippen LogP contribution is 2.25. The smallest absolute Gasteiger partial charge is 0.0948 e. The highest BCUT2D eigenvalue weighted by molar-refractivity contribution is 7.80.